The lowest BCUT2D eigenvalue weighted by Gasteiger charge is -2.37. The molecule has 0 bridgehead atoms. The maximum atomic E-state index is 11.0. The predicted octanol–water partition coefficient (Wildman–Crippen LogP) is 2.51. The first-order valence-corrected chi connectivity index (χ1v) is 10.4. The summed E-state index contributed by atoms with van der Waals surface area (Å²) in [6.07, 6.45) is 6.84. The van der Waals surface area contributed by atoms with Gasteiger partial charge in [0.1, 0.15) is 11.9 Å². The number of hydrogen-bond donors (Lipinski definition) is 1. The zero-order chi connectivity index (χ0) is 21.1. The summed E-state index contributed by atoms with van der Waals surface area (Å²) in [5.74, 6) is 0.660. The third-order valence-electron chi connectivity index (χ3n) is 5.81. The van der Waals surface area contributed by atoms with Gasteiger partial charge in [-0.1, -0.05) is 24.3 Å². The summed E-state index contributed by atoms with van der Waals surface area (Å²) in [7, 11) is 1.91. The van der Waals surface area contributed by atoms with Crippen molar-refractivity contribution in [2.45, 2.75) is 26.1 Å². The standard InChI is InChI=1S/C23H30N6O/c1-4-10-29-17-19(18(2)25-29)16-27-12-14-28(15-13-27)21-8-6-5-7-20(21)22(30)23-24-9-11-26(23)3/h4-9,11,17,22,30H,1,10,12-16H2,2-3H3/t22-/m0/s1. The highest BCUT2D eigenvalue weighted by Crippen LogP contribution is 2.30. The summed E-state index contributed by atoms with van der Waals surface area (Å²) < 4.78 is 3.82. The lowest BCUT2D eigenvalue weighted by molar-refractivity contribution is 0.205. The molecule has 1 aromatic carbocycles. The molecular formula is C23H30N6O. The third-order valence-corrected chi connectivity index (χ3v) is 5.81. The van der Waals surface area contributed by atoms with Crippen LogP contribution in [0, 0.1) is 6.92 Å². The Morgan fingerprint density at radius 2 is 1.97 bits per heavy atom. The Kier molecular flexibility index (Phi) is 6.01. The van der Waals surface area contributed by atoms with Gasteiger partial charge in [-0.2, -0.15) is 5.10 Å². The van der Waals surface area contributed by atoms with Crippen molar-refractivity contribution in [2.24, 2.45) is 7.05 Å². The van der Waals surface area contributed by atoms with E-state index >= 15 is 0 Å². The minimum atomic E-state index is -0.738. The summed E-state index contributed by atoms with van der Waals surface area (Å²) in [5, 5.41) is 15.5. The molecule has 3 aromatic rings. The molecule has 158 valence electrons. The van der Waals surface area contributed by atoms with Gasteiger partial charge in [0.25, 0.3) is 0 Å². The van der Waals surface area contributed by atoms with Crippen molar-refractivity contribution in [1.29, 1.82) is 0 Å². The molecule has 0 radical (unpaired) electrons. The number of aryl methyl sites for hydroxylation is 2. The number of aliphatic hydroxyl groups is 1. The van der Waals surface area contributed by atoms with Crippen LogP contribution >= 0.6 is 0 Å². The van der Waals surface area contributed by atoms with E-state index in [-0.39, 0.29) is 0 Å². The second-order valence-corrected chi connectivity index (χ2v) is 7.87. The number of allylic oxidation sites excluding steroid dienone is 1. The number of aromatic nitrogens is 4. The van der Waals surface area contributed by atoms with Crippen LogP contribution in [0.15, 0.2) is 55.5 Å². The molecule has 7 nitrogen and oxygen atoms in total. The highest BCUT2D eigenvalue weighted by atomic mass is 16.3. The molecule has 0 unspecified atom stereocenters. The predicted molar refractivity (Wildman–Crippen MR) is 118 cm³/mol. The molecule has 1 saturated heterocycles. The zero-order valence-electron chi connectivity index (χ0n) is 17.8. The van der Waals surface area contributed by atoms with Gasteiger partial charge in [0.2, 0.25) is 0 Å². The lowest BCUT2D eigenvalue weighted by Crippen LogP contribution is -2.46. The van der Waals surface area contributed by atoms with Crippen molar-refractivity contribution in [2.75, 3.05) is 31.1 Å². The number of nitrogens with zero attached hydrogens (tertiary/aromatic N) is 6. The van der Waals surface area contributed by atoms with Gasteiger partial charge in [-0.05, 0) is 13.0 Å². The van der Waals surface area contributed by atoms with Crippen molar-refractivity contribution >= 4 is 5.69 Å². The summed E-state index contributed by atoms with van der Waals surface area (Å²) in [6, 6.07) is 8.11. The van der Waals surface area contributed by atoms with E-state index in [0.717, 1.165) is 56.2 Å². The minimum Gasteiger partial charge on any atom is -0.380 e. The topological polar surface area (TPSA) is 62.4 Å². The van der Waals surface area contributed by atoms with Crippen LogP contribution in [0.25, 0.3) is 0 Å². The Labute approximate surface area is 177 Å². The Balaban J connectivity index is 1.44. The van der Waals surface area contributed by atoms with E-state index in [9.17, 15) is 5.11 Å². The van der Waals surface area contributed by atoms with Gasteiger partial charge in [0, 0.05) is 75.2 Å². The van der Waals surface area contributed by atoms with Gasteiger partial charge in [-0.25, -0.2) is 4.98 Å². The second kappa shape index (κ2) is 8.85. The monoisotopic (exact) mass is 406 g/mol. The fraction of sp³-hybridized carbons (Fsp3) is 0.391. The summed E-state index contributed by atoms with van der Waals surface area (Å²) >= 11 is 0. The largest absolute Gasteiger partial charge is 0.380 e. The van der Waals surface area contributed by atoms with Crippen molar-refractivity contribution in [3.8, 4) is 0 Å². The molecule has 0 saturated carbocycles. The maximum absolute atomic E-state index is 11.0. The van der Waals surface area contributed by atoms with Gasteiger partial charge in [-0.3, -0.25) is 9.58 Å². The van der Waals surface area contributed by atoms with Crippen LogP contribution in [0.4, 0.5) is 5.69 Å². The molecule has 0 spiro atoms. The second-order valence-electron chi connectivity index (χ2n) is 7.87. The molecule has 1 aliphatic rings. The van der Waals surface area contributed by atoms with Gasteiger partial charge >= 0.3 is 0 Å². The average molecular weight is 407 g/mol. The van der Waals surface area contributed by atoms with E-state index in [1.165, 1.54) is 5.56 Å². The van der Waals surface area contributed by atoms with Crippen LogP contribution in [0.3, 0.4) is 0 Å². The Morgan fingerprint density at radius 3 is 2.67 bits per heavy atom. The number of anilines is 1. The fourth-order valence-corrected chi connectivity index (χ4v) is 4.11. The number of piperazine rings is 1. The van der Waals surface area contributed by atoms with Crippen molar-refractivity contribution in [3.63, 3.8) is 0 Å². The average Bonchev–Trinajstić information content (AvgIpc) is 3.33. The van der Waals surface area contributed by atoms with E-state index in [2.05, 4.69) is 45.6 Å². The first-order chi connectivity index (χ1) is 14.6. The molecule has 4 rings (SSSR count). The summed E-state index contributed by atoms with van der Waals surface area (Å²) in [4.78, 5) is 9.17. The molecule has 0 aliphatic carbocycles. The third kappa shape index (κ3) is 4.17. The van der Waals surface area contributed by atoms with E-state index in [1.54, 1.807) is 6.20 Å². The minimum absolute atomic E-state index is 0.660. The van der Waals surface area contributed by atoms with Gasteiger partial charge in [-0.15, -0.1) is 6.58 Å². The molecule has 1 aliphatic heterocycles. The first kappa shape index (κ1) is 20.4. The molecule has 1 N–H and O–H groups in total. The Bertz CT molecular complexity index is 999. The molecule has 0 amide bonds. The van der Waals surface area contributed by atoms with Crippen LogP contribution in [0.2, 0.25) is 0 Å². The van der Waals surface area contributed by atoms with Gasteiger partial charge < -0.3 is 14.6 Å². The molecule has 1 fully saturated rings. The number of imidazole rings is 1. The first-order valence-electron chi connectivity index (χ1n) is 10.4. The zero-order valence-corrected chi connectivity index (χ0v) is 17.8. The number of rotatable bonds is 7. The number of para-hydroxylation sites is 1. The number of hydrogen-bond acceptors (Lipinski definition) is 5. The summed E-state index contributed by atoms with van der Waals surface area (Å²) in [6.45, 7) is 11.3. The molecule has 2 aromatic heterocycles. The van der Waals surface area contributed by atoms with Gasteiger partial charge in [0.15, 0.2) is 0 Å². The van der Waals surface area contributed by atoms with Crippen LogP contribution in [-0.4, -0.2) is 55.5 Å². The van der Waals surface area contributed by atoms with Crippen molar-refractivity contribution in [3.05, 3.63) is 78.2 Å². The van der Waals surface area contributed by atoms with E-state index < -0.39 is 6.10 Å². The van der Waals surface area contributed by atoms with E-state index in [0.29, 0.717) is 5.82 Å². The molecular weight excluding hydrogens is 376 g/mol. The highest BCUT2D eigenvalue weighted by Gasteiger charge is 2.24. The molecule has 7 heteroatoms. The van der Waals surface area contributed by atoms with E-state index in [1.807, 2.05) is 46.8 Å². The Hall–Kier alpha value is -2.90. The normalized spacial score (nSPS) is 16.0. The number of benzene rings is 1. The molecule has 3 heterocycles. The van der Waals surface area contributed by atoms with Crippen LogP contribution < -0.4 is 4.90 Å². The van der Waals surface area contributed by atoms with Crippen molar-refractivity contribution in [1.82, 2.24) is 24.2 Å². The summed E-state index contributed by atoms with van der Waals surface area (Å²) in [5.41, 5.74) is 4.35. The van der Waals surface area contributed by atoms with Crippen LogP contribution in [0.1, 0.15) is 28.7 Å². The van der Waals surface area contributed by atoms with Crippen LogP contribution in [-0.2, 0) is 20.1 Å². The van der Waals surface area contributed by atoms with Crippen molar-refractivity contribution < 1.29 is 5.11 Å². The molecule has 1 atom stereocenters. The quantitative estimate of drug-likeness (QED) is 0.611. The highest BCUT2D eigenvalue weighted by molar-refractivity contribution is 5.56. The Morgan fingerprint density at radius 1 is 1.20 bits per heavy atom. The smallest absolute Gasteiger partial charge is 0.142 e. The molecule has 30 heavy (non-hydrogen) atoms. The fourth-order valence-electron chi connectivity index (χ4n) is 4.11. The van der Waals surface area contributed by atoms with Crippen LogP contribution in [0.5, 0.6) is 0 Å². The number of aliphatic hydroxyl groups excluding tert-OH is 1. The van der Waals surface area contributed by atoms with E-state index in [4.69, 9.17) is 0 Å². The maximum Gasteiger partial charge on any atom is 0.142 e. The lowest BCUT2D eigenvalue weighted by atomic mass is 10.0. The SMILES string of the molecule is C=CCn1cc(CN2CCN(c3ccccc3[C@H](O)c3nccn3C)CC2)c(C)n1. The van der Waals surface area contributed by atoms with Gasteiger partial charge in [0.05, 0.1) is 12.2 Å².